The van der Waals surface area contributed by atoms with Gasteiger partial charge < -0.3 is 5.11 Å². The molecule has 1 unspecified atom stereocenters. The molecule has 0 saturated heterocycles. The Labute approximate surface area is 255 Å². The van der Waals surface area contributed by atoms with Gasteiger partial charge in [-0.25, -0.2) is 25.3 Å². The molecule has 0 fully saturated rings. The second kappa shape index (κ2) is 12.5. The van der Waals surface area contributed by atoms with Gasteiger partial charge in [-0.15, -0.1) is 0 Å². The van der Waals surface area contributed by atoms with E-state index >= 15 is 0 Å². The summed E-state index contributed by atoms with van der Waals surface area (Å²) in [6.45, 7) is -1.43. The molecule has 3 aromatic carbocycles. The molecule has 0 bridgehead atoms. The number of hydrogen-bond acceptors (Lipinski definition) is 7. The molecule has 18 heteroatoms. The largest absolute Gasteiger partial charge is 0.433 e. The molecule has 244 valence electrons. The molecule has 2 N–H and O–H groups in total. The van der Waals surface area contributed by atoms with Crippen LogP contribution in [0.1, 0.15) is 17.5 Å². The van der Waals surface area contributed by atoms with Gasteiger partial charge in [0.1, 0.15) is 0 Å². The molecular formula is C27H24F6N2O7S3. The van der Waals surface area contributed by atoms with E-state index < -0.39 is 76.9 Å². The zero-order chi connectivity index (χ0) is 34.1. The standard InChI is InChI=1S/C27H24F6N2O7S3/c1-43(37,38)21-12-10-19(11-13-21)14-15-25(36,27(31,32)33)23-8-3-4-9-24(23)35(17-16-26(28,29)30)45(41,42)22-7-5-6-20(18-22)34-44(2,39)40/h3-13,18,34,36H,16-17H2,1-2H3. The minimum Gasteiger partial charge on any atom is -0.366 e. The highest BCUT2D eigenvalue weighted by Crippen LogP contribution is 2.44. The Bertz CT molecular complexity index is 1950. The minimum absolute atomic E-state index is 0.0225. The van der Waals surface area contributed by atoms with Crippen LogP contribution in [0.3, 0.4) is 0 Å². The number of benzene rings is 3. The fourth-order valence-corrected chi connectivity index (χ4v) is 6.61. The van der Waals surface area contributed by atoms with Crippen LogP contribution < -0.4 is 9.03 Å². The fourth-order valence-electron chi connectivity index (χ4n) is 3.90. The number of halogens is 6. The monoisotopic (exact) mass is 698 g/mol. The number of para-hydroxylation sites is 1. The summed E-state index contributed by atoms with van der Waals surface area (Å²) < 4.78 is 160. The minimum atomic E-state index is -5.64. The summed E-state index contributed by atoms with van der Waals surface area (Å²) in [5.41, 5.74) is -6.86. The number of aliphatic hydroxyl groups is 1. The Morgan fingerprint density at radius 2 is 1.40 bits per heavy atom. The smallest absolute Gasteiger partial charge is 0.366 e. The highest BCUT2D eigenvalue weighted by atomic mass is 32.2. The Balaban J connectivity index is 2.25. The van der Waals surface area contributed by atoms with Gasteiger partial charge in [0.15, 0.2) is 9.84 Å². The molecule has 1 atom stereocenters. The van der Waals surface area contributed by atoms with Crippen LogP contribution in [0.2, 0.25) is 0 Å². The van der Waals surface area contributed by atoms with Crippen molar-refractivity contribution in [3.63, 3.8) is 0 Å². The van der Waals surface area contributed by atoms with E-state index in [1.165, 1.54) is 0 Å². The molecule has 0 saturated carbocycles. The third-order valence-electron chi connectivity index (χ3n) is 5.97. The van der Waals surface area contributed by atoms with Gasteiger partial charge in [-0.05, 0) is 54.5 Å². The number of sulfone groups is 1. The van der Waals surface area contributed by atoms with Crippen LogP contribution in [-0.4, -0.2) is 61.8 Å². The Morgan fingerprint density at radius 1 is 0.800 bits per heavy atom. The third-order valence-corrected chi connectivity index (χ3v) is 9.51. The maximum absolute atomic E-state index is 14.5. The summed E-state index contributed by atoms with van der Waals surface area (Å²) in [5.74, 6) is 3.69. The number of hydrogen-bond donors (Lipinski definition) is 2. The van der Waals surface area contributed by atoms with E-state index in [1.54, 1.807) is 5.92 Å². The summed E-state index contributed by atoms with van der Waals surface area (Å²) in [4.78, 5) is -0.952. The molecule has 0 radical (unpaired) electrons. The molecule has 0 aliphatic heterocycles. The van der Waals surface area contributed by atoms with Gasteiger partial charge in [-0.2, -0.15) is 26.3 Å². The highest BCUT2D eigenvalue weighted by Gasteiger charge is 2.56. The Hall–Kier alpha value is -3.79. The topological polar surface area (TPSA) is 138 Å². The average molecular weight is 699 g/mol. The number of alkyl halides is 6. The Morgan fingerprint density at radius 3 is 1.93 bits per heavy atom. The second-order valence-electron chi connectivity index (χ2n) is 9.62. The summed E-state index contributed by atoms with van der Waals surface area (Å²) in [5, 5.41) is 11.0. The molecule has 0 heterocycles. The van der Waals surface area contributed by atoms with E-state index in [0.29, 0.717) is 6.07 Å². The van der Waals surface area contributed by atoms with Gasteiger partial charge in [-0.3, -0.25) is 9.03 Å². The van der Waals surface area contributed by atoms with E-state index in [0.717, 1.165) is 79.2 Å². The van der Waals surface area contributed by atoms with E-state index in [-0.39, 0.29) is 20.5 Å². The fraction of sp³-hybridized carbons (Fsp3) is 0.259. The van der Waals surface area contributed by atoms with Crippen LogP contribution in [0.4, 0.5) is 37.7 Å². The molecule has 0 aliphatic rings. The number of sulfonamides is 2. The first-order chi connectivity index (χ1) is 20.4. The second-order valence-corrected chi connectivity index (χ2v) is 15.2. The predicted molar refractivity (Wildman–Crippen MR) is 153 cm³/mol. The quantitative estimate of drug-likeness (QED) is 0.250. The number of rotatable bonds is 9. The highest BCUT2D eigenvalue weighted by molar-refractivity contribution is 7.93. The first-order valence-electron chi connectivity index (χ1n) is 12.3. The van der Waals surface area contributed by atoms with E-state index in [4.69, 9.17) is 0 Å². The van der Waals surface area contributed by atoms with Crippen molar-refractivity contribution < 1.29 is 56.7 Å². The predicted octanol–water partition coefficient (Wildman–Crippen LogP) is 4.41. The van der Waals surface area contributed by atoms with Crippen molar-refractivity contribution >= 4 is 41.3 Å². The van der Waals surface area contributed by atoms with E-state index in [1.807, 2.05) is 4.72 Å². The lowest BCUT2D eigenvalue weighted by molar-refractivity contribution is -0.240. The van der Waals surface area contributed by atoms with Gasteiger partial charge in [0.25, 0.3) is 15.6 Å². The number of nitrogens with zero attached hydrogens (tertiary/aromatic N) is 1. The molecule has 0 aliphatic carbocycles. The van der Waals surface area contributed by atoms with Crippen LogP contribution in [0, 0.1) is 11.8 Å². The zero-order valence-corrected chi connectivity index (χ0v) is 25.6. The van der Waals surface area contributed by atoms with Crippen LogP contribution in [-0.2, 0) is 35.5 Å². The zero-order valence-electron chi connectivity index (χ0n) is 23.2. The van der Waals surface area contributed by atoms with Crippen molar-refractivity contribution in [1.29, 1.82) is 0 Å². The SMILES string of the molecule is CS(=O)(=O)Nc1cccc(S(=O)(=O)N(CCC(F)(F)F)c2ccccc2C(O)(C#Cc2ccc(S(C)(=O)=O)cc2)C(F)(F)F)c1. The average Bonchev–Trinajstić information content (AvgIpc) is 2.89. The van der Waals surface area contributed by atoms with Gasteiger partial charge in [-0.1, -0.05) is 30.2 Å². The first-order valence-corrected chi connectivity index (χ1v) is 17.6. The summed E-state index contributed by atoms with van der Waals surface area (Å²) >= 11 is 0. The van der Waals surface area contributed by atoms with Crippen molar-refractivity contribution in [1.82, 2.24) is 0 Å². The van der Waals surface area contributed by atoms with Crippen molar-refractivity contribution in [2.24, 2.45) is 0 Å². The number of anilines is 2. The molecule has 45 heavy (non-hydrogen) atoms. The summed E-state index contributed by atoms with van der Waals surface area (Å²) in [6, 6.07) is 11.5. The van der Waals surface area contributed by atoms with E-state index in [9.17, 15) is 56.7 Å². The van der Waals surface area contributed by atoms with Crippen LogP contribution >= 0.6 is 0 Å². The van der Waals surface area contributed by atoms with Crippen molar-refractivity contribution in [3.8, 4) is 11.8 Å². The normalized spacial score (nSPS) is 14.2. The van der Waals surface area contributed by atoms with E-state index in [2.05, 4.69) is 5.92 Å². The van der Waals surface area contributed by atoms with Crippen LogP contribution in [0.25, 0.3) is 0 Å². The van der Waals surface area contributed by atoms with Gasteiger partial charge in [0.05, 0.1) is 28.2 Å². The third kappa shape index (κ3) is 8.90. The molecule has 3 rings (SSSR count). The van der Waals surface area contributed by atoms with Crippen molar-refractivity contribution in [3.05, 3.63) is 83.9 Å². The molecule has 3 aromatic rings. The van der Waals surface area contributed by atoms with Gasteiger partial charge >= 0.3 is 12.4 Å². The molecular weight excluding hydrogens is 674 g/mol. The van der Waals surface area contributed by atoms with Crippen molar-refractivity contribution in [2.75, 3.05) is 28.1 Å². The summed E-state index contributed by atoms with van der Waals surface area (Å²) in [6.07, 6.45) is -10.8. The number of nitrogens with one attached hydrogen (secondary N) is 1. The lowest BCUT2D eigenvalue weighted by Gasteiger charge is -2.32. The lowest BCUT2D eigenvalue weighted by atomic mass is 9.91. The molecule has 0 spiro atoms. The van der Waals surface area contributed by atoms with Crippen LogP contribution in [0.5, 0.6) is 0 Å². The van der Waals surface area contributed by atoms with Crippen LogP contribution in [0.15, 0.2) is 82.6 Å². The summed E-state index contributed by atoms with van der Waals surface area (Å²) in [7, 11) is -12.7. The van der Waals surface area contributed by atoms with Crippen molar-refractivity contribution in [2.45, 2.75) is 34.2 Å². The maximum atomic E-state index is 14.5. The lowest BCUT2D eigenvalue weighted by Crippen LogP contribution is -2.43. The molecule has 0 aromatic heterocycles. The van der Waals surface area contributed by atoms with Gasteiger partial charge in [0, 0.05) is 29.6 Å². The molecule has 9 nitrogen and oxygen atoms in total. The Kier molecular flexibility index (Phi) is 9.95. The van der Waals surface area contributed by atoms with Gasteiger partial charge in [0.2, 0.25) is 10.0 Å². The molecule has 0 amide bonds. The maximum Gasteiger partial charge on any atom is 0.433 e. The first kappa shape index (κ1) is 35.7.